The van der Waals surface area contributed by atoms with E-state index in [0.717, 1.165) is 16.5 Å². The van der Waals surface area contributed by atoms with Crippen LogP contribution < -0.4 is 0 Å². The SMILES string of the molecule is CC(=O)Cc1ccc2c(Cl)nn(C)c2c1. The Hall–Kier alpha value is -1.35. The average molecular weight is 223 g/mol. The van der Waals surface area contributed by atoms with Gasteiger partial charge in [0.2, 0.25) is 0 Å². The van der Waals surface area contributed by atoms with Gasteiger partial charge in [0.15, 0.2) is 5.15 Å². The van der Waals surface area contributed by atoms with E-state index in [1.54, 1.807) is 11.6 Å². The van der Waals surface area contributed by atoms with Crippen LogP contribution in [0.3, 0.4) is 0 Å². The van der Waals surface area contributed by atoms with Gasteiger partial charge in [0, 0.05) is 18.9 Å². The fourth-order valence-electron chi connectivity index (χ4n) is 1.66. The zero-order valence-corrected chi connectivity index (χ0v) is 9.38. The molecule has 0 radical (unpaired) electrons. The summed E-state index contributed by atoms with van der Waals surface area (Å²) in [6.45, 7) is 1.58. The van der Waals surface area contributed by atoms with Crippen LogP contribution in [0.4, 0.5) is 0 Å². The highest BCUT2D eigenvalue weighted by molar-refractivity contribution is 6.34. The molecule has 0 atom stereocenters. The molecule has 0 fully saturated rings. The van der Waals surface area contributed by atoms with Crippen LogP contribution in [0, 0.1) is 0 Å². The van der Waals surface area contributed by atoms with Crippen molar-refractivity contribution in [1.29, 1.82) is 0 Å². The van der Waals surface area contributed by atoms with E-state index in [2.05, 4.69) is 5.10 Å². The number of halogens is 1. The van der Waals surface area contributed by atoms with Crippen molar-refractivity contribution in [2.24, 2.45) is 7.05 Å². The molecular weight excluding hydrogens is 212 g/mol. The number of carbonyl (C=O) groups excluding carboxylic acids is 1. The first-order chi connectivity index (χ1) is 7.08. The second-order valence-corrected chi connectivity index (χ2v) is 4.00. The Morgan fingerprint density at radius 3 is 2.93 bits per heavy atom. The van der Waals surface area contributed by atoms with Crippen LogP contribution in [0.2, 0.25) is 5.15 Å². The maximum absolute atomic E-state index is 11.0. The number of Topliss-reactive ketones (excluding diaryl/α,β-unsaturated/α-hetero) is 1. The number of carbonyl (C=O) groups is 1. The van der Waals surface area contributed by atoms with Crippen molar-refractivity contribution in [3.05, 3.63) is 28.9 Å². The summed E-state index contributed by atoms with van der Waals surface area (Å²) in [6.07, 6.45) is 0.457. The number of hydrogen-bond donors (Lipinski definition) is 0. The summed E-state index contributed by atoms with van der Waals surface area (Å²) in [5.74, 6) is 0.155. The zero-order valence-electron chi connectivity index (χ0n) is 8.62. The largest absolute Gasteiger partial charge is 0.300 e. The highest BCUT2D eigenvalue weighted by atomic mass is 35.5. The van der Waals surface area contributed by atoms with Gasteiger partial charge in [-0.05, 0) is 24.6 Å². The normalized spacial score (nSPS) is 10.9. The maximum atomic E-state index is 11.0. The minimum Gasteiger partial charge on any atom is -0.300 e. The van der Waals surface area contributed by atoms with Gasteiger partial charge in [0.1, 0.15) is 5.78 Å². The van der Waals surface area contributed by atoms with E-state index in [1.165, 1.54) is 0 Å². The van der Waals surface area contributed by atoms with Gasteiger partial charge in [-0.2, -0.15) is 5.10 Å². The van der Waals surface area contributed by atoms with E-state index in [0.29, 0.717) is 11.6 Å². The van der Waals surface area contributed by atoms with E-state index in [9.17, 15) is 4.79 Å². The topological polar surface area (TPSA) is 34.9 Å². The van der Waals surface area contributed by atoms with Crippen LogP contribution in [0.1, 0.15) is 12.5 Å². The molecule has 0 saturated carbocycles. The molecule has 0 amide bonds. The summed E-state index contributed by atoms with van der Waals surface area (Å²) < 4.78 is 1.72. The molecule has 0 aliphatic heterocycles. The van der Waals surface area contributed by atoms with Crippen molar-refractivity contribution >= 4 is 28.3 Å². The van der Waals surface area contributed by atoms with Gasteiger partial charge in [-0.1, -0.05) is 17.7 Å². The zero-order chi connectivity index (χ0) is 11.0. The third kappa shape index (κ3) is 1.88. The number of ketones is 1. The van der Waals surface area contributed by atoms with Crippen LogP contribution >= 0.6 is 11.6 Å². The molecular formula is C11H11ClN2O. The minimum absolute atomic E-state index is 0.155. The number of benzene rings is 1. The molecule has 15 heavy (non-hydrogen) atoms. The van der Waals surface area contributed by atoms with Crippen LogP contribution in [-0.2, 0) is 18.3 Å². The summed E-state index contributed by atoms with van der Waals surface area (Å²) in [7, 11) is 1.84. The Bertz CT molecular complexity index is 531. The first kappa shape index (κ1) is 10.2. The standard InChI is InChI=1S/C11H11ClN2O/c1-7(15)5-8-3-4-9-10(6-8)14(2)13-11(9)12/h3-4,6H,5H2,1-2H3. The summed E-state index contributed by atoms with van der Waals surface area (Å²) in [5.41, 5.74) is 1.95. The van der Waals surface area contributed by atoms with Gasteiger partial charge < -0.3 is 0 Å². The van der Waals surface area contributed by atoms with Crippen LogP contribution in [0.5, 0.6) is 0 Å². The number of nitrogens with zero attached hydrogens (tertiary/aromatic N) is 2. The number of aromatic nitrogens is 2. The lowest BCUT2D eigenvalue weighted by molar-refractivity contribution is -0.116. The van der Waals surface area contributed by atoms with E-state index < -0.39 is 0 Å². The molecule has 0 N–H and O–H groups in total. The summed E-state index contributed by atoms with van der Waals surface area (Å²) in [4.78, 5) is 11.0. The molecule has 4 heteroatoms. The maximum Gasteiger partial charge on any atom is 0.158 e. The van der Waals surface area contributed by atoms with Gasteiger partial charge in [-0.15, -0.1) is 0 Å². The molecule has 0 aliphatic carbocycles. The van der Waals surface area contributed by atoms with Crippen molar-refractivity contribution in [2.45, 2.75) is 13.3 Å². The van der Waals surface area contributed by atoms with Gasteiger partial charge in [-0.25, -0.2) is 0 Å². The summed E-state index contributed by atoms with van der Waals surface area (Å²) >= 11 is 5.94. The van der Waals surface area contributed by atoms with Gasteiger partial charge in [0.25, 0.3) is 0 Å². The van der Waals surface area contributed by atoms with Gasteiger partial charge in [0.05, 0.1) is 5.52 Å². The van der Waals surface area contributed by atoms with Crippen molar-refractivity contribution in [2.75, 3.05) is 0 Å². The predicted octanol–water partition coefficient (Wildman–Crippen LogP) is 2.36. The first-order valence-electron chi connectivity index (χ1n) is 4.68. The molecule has 1 aromatic carbocycles. The third-order valence-corrected chi connectivity index (χ3v) is 2.60. The van der Waals surface area contributed by atoms with E-state index >= 15 is 0 Å². The van der Waals surface area contributed by atoms with E-state index in [1.807, 2.05) is 25.2 Å². The van der Waals surface area contributed by atoms with Gasteiger partial charge >= 0.3 is 0 Å². The van der Waals surface area contributed by atoms with Crippen molar-refractivity contribution in [1.82, 2.24) is 9.78 Å². The molecule has 0 unspecified atom stereocenters. The summed E-state index contributed by atoms with van der Waals surface area (Å²) in [5, 5.41) is 5.53. The number of fused-ring (bicyclic) bond motifs is 1. The monoisotopic (exact) mass is 222 g/mol. The smallest absolute Gasteiger partial charge is 0.158 e. The molecule has 3 nitrogen and oxygen atoms in total. The number of hydrogen-bond acceptors (Lipinski definition) is 2. The Morgan fingerprint density at radius 2 is 2.27 bits per heavy atom. The Labute approximate surface area is 92.6 Å². The number of rotatable bonds is 2. The fraction of sp³-hybridized carbons (Fsp3) is 0.273. The molecule has 2 rings (SSSR count). The van der Waals surface area contributed by atoms with Crippen molar-refractivity contribution < 1.29 is 4.79 Å². The lowest BCUT2D eigenvalue weighted by Gasteiger charge is -1.99. The molecule has 1 aromatic heterocycles. The fourth-order valence-corrected chi connectivity index (χ4v) is 1.93. The molecule has 0 aliphatic rings. The highest BCUT2D eigenvalue weighted by Crippen LogP contribution is 2.23. The van der Waals surface area contributed by atoms with E-state index in [4.69, 9.17) is 11.6 Å². The quantitative estimate of drug-likeness (QED) is 0.782. The van der Waals surface area contributed by atoms with Crippen molar-refractivity contribution in [3.8, 4) is 0 Å². The van der Waals surface area contributed by atoms with Crippen LogP contribution in [0.15, 0.2) is 18.2 Å². The average Bonchev–Trinajstić information content (AvgIpc) is 2.41. The molecule has 0 bridgehead atoms. The van der Waals surface area contributed by atoms with Crippen molar-refractivity contribution in [3.63, 3.8) is 0 Å². The number of aryl methyl sites for hydroxylation is 1. The second-order valence-electron chi connectivity index (χ2n) is 3.64. The molecule has 78 valence electrons. The lowest BCUT2D eigenvalue weighted by atomic mass is 10.1. The van der Waals surface area contributed by atoms with Crippen LogP contribution in [-0.4, -0.2) is 15.6 Å². The van der Waals surface area contributed by atoms with Gasteiger partial charge in [-0.3, -0.25) is 9.48 Å². The molecule has 2 aromatic rings. The Kier molecular flexibility index (Phi) is 2.49. The lowest BCUT2D eigenvalue weighted by Crippen LogP contribution is -1.96. The highest BCUT2D eigenvalue weighted by Gasteiger charge is 2.07. The summed E-state index contributed by atoms with van der Waals surface area (Å²) in [6, 6.07) is 5.77. The second kappa shape index (κ2) is 3.66. The molecule has 0 spiro atoms. The first-order valence-corrected chi connectivity index (χ1v) is 5.06. The van der Waals surface area contributed by atoms with E-state index in [-0.39, 0.29) is 5.78 Å². The predicted molar refractivity (Wildman–Crippen MR) is 60.1 cm³/mol. The Morgan fingerprint density at radius 1 is 1.53 bits per heavy atom. The molecule has 0 saturated heterocycles. The third-order valence-electron chi connectivity index (χ3n) is 2.32. The minimum atomic E-state index is 0.155. The van der Waals surface area contributed by atoms with Crippen LogP contribution in [0.25, 0.3) is 10.9 Å². The Balaban J connectivity index is 2.55. The molecule has 1 heterocycles.